The van der Waals surface area contributed by atoms with E-state index in [-0.39, 0.29) is 52.9 Å². The van der Waals surface area contributed by atoms with Crippen molar-refractivity contribution in [1.82, 2.24) is 0 Å². The van der Waals surface area contributed by atoms with Crippen LogP contribution in [-0.2, 0) is 23.7 Å². The Balaban J connectivity index is 1.24. The van der Waals surface area contributed by atoms with E-state index >= 15 is 0 Å². The Hall–Kier alpha value is -2.18. The van der Waals surface area contributed by atoms with Crippen LogP contribution in [0.5, 0.6) is 0 Å². The summed E-state index contributed by atoms with van der Waals surface area (Å²) in [7, 11) is 0. The molecule has 1 spiro atoms. The summed E-state index contributed by atoms with van der Waals surface area (Å²) < 4.78 is 25.8. The van der Waals surface area contributed by atoms with Gasteiger partial charge < -0.3 is 18.9 Å². The number of carbonyl (C=O) groups excluding carboxylic acids is 2. The molecule has 6 heteroatoms. The Bertz CT molecular complexity index is 1250. The first-order chi connectivity index (χ1) is 20.0. The number of benzene rings is 1. The first kappa shape index (κ1) is 28.6. The SMILES string of the molecule is CC(=O)O[C@H]1CC[C@@]2(C)[C@@H](CC[C@H]3C4=C[C@@H]5O[C@]6(CC[C@@H](C)CO6)[C@@H](C)[C@@H]5[C@@]4(C)[C@@H](OC(=O)c4ccccc4)C[C@@H]32)C1. The highest BCUT2D eigenvalue weighted by Gasteiger charge is 2.69. The molecular formula is C36H48O6. The summed E-state index contributed by atoms with van der Waals surface area (Å²) in [6.45, 7) is 11.7. The highest BCUT2D eigenvalue weighted by atomic mass is 16.7. The molecule has 42 heavy (non-hydrogen) atoms. The van der Waals surface area contributed by atoms with Gasteiger partial charge in [0.15, 0.2) is 5.79 Å². The molecule has 2 heterocycles. The summed E-state index contributed by atoms with van der Waals surface area (Å²) in [5.41, 5.74) is 1.89. The van der Waals surface area contributed by atoms with Crippen molar-refractivity contribution in [2.45, 2.75) is 110 Å². The van der Waals surface area contributed by atoms with Crippen molar-refractivity contribution in [3.63, 3.8) is 0 Å². The van der Waals surface area contributed by atoms with Gasteiger partial charge >= 0.3 is 11.9 Å². The molecule has 0 radical (unpaired) electrons. The van der Waals surface area contributed by atoms with E-state index in [0.717, 1.165) is 58.0 Å². The molecule has 3 saturated carbocycles. The van der Waals surface area contributed by atoms with E-state index in [0.29, 0.717) is 29.2 Å². The third-order valence-electron chi connectivity index (χ3n) is 12.9. The lowest BCUT2D eigenvalue weighted by Crippen LogP contribution is -2.58. The normalized spacial score (nSPS) is 47.5. The van der Waals surface area contributed by atoms with Gasteiger partial charge in [0.25, 0.3) is 0 Å². The van der Waals surface area contributed by atoms with Crippen molar-refractivity contribution in [1.29, 1.82) is 0 Å². The monoisotopic (exact) mass is 576 g/mol. The molecule has 0 aromatic heterocycles. The second kappa shape index (κ2) is 10.2. The fraction of sp³-hybridized carbons (Fsp3) is 0.722. The predicted molar refractivity (Wildman–Crippen MR) is 158 cm³/mol. The summed E-state index contributed by atoms with van der Waals surface area (Å²) in [5.74, 6) is 1.38. The minimum absolute atomic E-state index is 0.0182. The molecule has 5 fully saturated rings. The zero-order valence-electron chi connectivity index (χ0n) is 26.0. The molecule has 228 valence electrons. The van der Waals surface area contributed by atoms with Gasteiger partial charge in [0.2, 0.25) is 0 Å². The van der Waals surface area contributed by atoms with Crippen LogP contribution in [0.4, 0.5) is 0 Å². The molecule has 0 unspecified atom stereocenters. The smallest absolute Gasteiger partial charge is 0.338 e. The number of rotatable bonds is 3. The molecule has 12 atom stereocenters. The van der Waals surface area contributed by atoms with Crippen LogP contribution < -0.4 is 0 Å². The Morgan fingerprint density at radius 1 is 0.952 bits per heavy atom. The summed E-state index contributed by atoms with van der Waals surface area (Å²) in [6.07, 6.45) is 10.3. The van der Waals surface area contributed by atoms with Crippen LogP contribution >= 0.6 is 0 Å². The Morgan fingerprint density at radius 2 is 1.74 bits per heavy atom. The Kier molecular flexibility index (Phi) is 6.93. The maximum Gasteiger partial charge on any atom is 0.338 e. The van der Waals surface area contributed by atoms with Crippen LogP contribution in [0, 0.1) is 46.3 Å². The fourth-order valence-electron chi connectivity index (χ4n) is 10.7. The molecular weight excluding hydrogens is 528 g/mol. The molecule has 2 aliphatic heterocycles. The first-order valence-corrected chi connectivity index (χ1v) is 16.5. The van der Waals surface area contributed by atoms with E-state index in [1.807, 2.05) is 30.3 Å². The zero-order chi connectivity index (χ0) is 29.4. The minimum atomic E-state index is -0.545. The Labute approximate surface area is 250 Å². The largest absolute Gasteiger partial charge is 0.463 e. The molecule has 0 N–H and O–H groups in total. The average molecular weight is 577 g/mol. The van der Waals surface area contributed by atoms with Crippen LogP contribution in [0.1, 0.15) is 96.3 Å². The number of fused-ring (bicyclic) bond motifs is 7. The van der Waals surface area contributed by atoms with Crippen molar-refractivity contribution in [2.75, 3.05) is 6.61 Å². The van der Waals surface area contributed by atoms with E-state index in [2.05, 4.69) is 33.8 Å². The summed E-state index contributed by atoms with van der Waals surface area (Å²) in [6, 6.07) is 9.44. The molecule has 1 aromatic carbocycles. The van der Waals surface area contributed by atoms with E-state index < -0.39 is 5.79 Å². The lowest BCUT2D eigenvalue weighted by Gasteiger charge is -2.61. The van der Waals surface area contributed by atoms with Gasteiger partial charge in [0, 0.05) is 30.6 Å². The predicted octanol–water partition coefficient (Wildman–Crippen LogP) is 7.12. The first-order valence-electron chi connectivity index (χ1n) is 16.5. The second-order valence-electron chi connectivity index (χ2n) is 15.1. The van der Waals surface area contributed by atoms with Gasteiger partial charge in [0.05, 0.1) is 18.3 Å². The molecule has 4 aliphatic carbocycles. The van der Waals surface area contributed by atoms with E-state index in [9.17, 15) is 9.59 Å². The third-order valence-corrected chi connectivity index (χ3v) is 12.9. The van der Waals surface area contributed by atoms with Gasteiger partial charge in [0.1, 0.15) is 12.2 Å². The molecule has 7 rings (SSSR count). The van der Waals surface area contributed by atoms with Crippen LogP contribution in [0.15, 0.2) is 42.0 Å². The van der Waals surface area contributed by atoms with Gasteiger partial charge in [-0.2, -0.15) is 0 Å². The standard InChI is InChI=1S/C36H48O6/c1-21-13-16-36(39-20-21)22(2)32-30(42-36)18-29-27-12-11-25-17-26(40-23(3)37)14-15-34(25,4)28(27)19-31(35(29,32)5)41-33(38)24-9-7-6-8-10-24/h6-10,18,21-22,25-28,30-32H,11-17,19-20H2,1-5H3/t21-,22+,25+,26+,27-,28+,30+,31+,32+,34+,35-,36-/m1/s1. The average Bonchev–Trinajstić information content (AvgIpc) is 3.41. The number of hydrogen-bond acceptors (Lipinski definition) is 6. The van der Waals surface area contributed by atoms with Gasteiger partial charge in [-0.1, -0.05) is 57.5 Å². The van der Waals surface area contributed by atoms with E-state index in [1.54, 1.807) is 0 Å². The van der Waals surface area contributed by atoms with E-state index in [4.69, 9.17) is 18.9 Å². The maximum absolute atomic E-state index is 13.7. The van der Waals surface area contributed by atoms with Gasteiger partial charge in [-0.15, -0.1) is 0 Å². The summed E-state index contributed by atoms with van der Waals surface area (Å²) in [5, 5.41) is 0. The third kappa shape index (κ3) is 4.25. The van der Waals surface area contributed by atoms with E-state index in [1.165, 1.54) is 12.5 Å². The van der Waals surface area contributed by atoms with Gasteiger partial charge in [-0.25, -0.2) is 4.79 Å². The summed E-state index contributed by atoms with van der Waals surface area (Å²) in [4.78, 5) is 25.4. The van der Waals surface area contributed by atoms with Crippen molar-refractivity contribution >= 4 is 11.9 Å². The van der Waals surface area contributed by atoms with Crippen LogP contribution in [-0.4, -0.2) is 42.6 Å². The molecule has 0 bridgehead atoms. The topological polar surface area (TPSA) is 71.1 Å². The number of esters is 2. The molecule has 6 nitrogen and oxygen atoms in total. The number of ether oxygens (including phenoxy) is 4. The van der Waals surface area contributed by atoms with Crippen LogP contribution in [0.2, 0.25) is 0 Å². The highest BCUT2D eigenvalue weighted by Crippen LogP contribution is 2.70. The molecule has 6 aliphatic rings. The van der Waals surface area contributed by atoms with Gasteiger partial charge in [-0.3, -0.25) is 4.79 Å². The lowest BCUT2D eigenvalue weighted by atomic mass is 9.45. The maximum atomic E-state index is 13.7. The number of carbonyl (C=O) groups is 2. The van der Waals surface area contributed by atoms with Crippen molar-refractivity contribution < 1.29 is 28.5 Å². The molecule has 2 saturated heterocycles. The lowest BCUT2D eigenvalue weighted by molar-refractivity contribution is -0.265. The fourth-order valence-corrected chi connectivity index (χ4v) is 10.7. The quantitative estimate of drug-likeness (QED) is 0.282. The van der Waals surface area contributed by atoms with Crippen molar-refractivity contribution in [3.8, 4) is 0 Å². The zero-order valence-corrected chi connectivity index (χ0v) is 26.0. The molecule has 0 amide bonds. The van der Waals surface area contributed by atoms with Gasteiger partial charge in [-0.05, 0) is 86.2 Å². The minimum Gasteiger partial charge on any atom is -0.463 e. The van der Waals surface area contributed by atoms with Crippen LogP contribution in [0.25, 0.3) is 0 Å². The highest BCUT2D eigenvalue weighted by molar-refractivity contribution is 5.89. The molecule has 1 aromatic rings. The van der Waals surface area contributed by atoms with Crippen molar-refractivity contribution in [2.24, 2.45) is 46.3 Å². The summed E-state index contributed by atoms with van der Waals surface area (Å²) >= 11 is 0. The van der Waals surface area contributed by atoms with Crippen molar-refractivity contribution in [3.05, 3.63) is 47.5 Å². The number of hydrogen-bond donors (Lipinski definition) is 0. The Morgan fingerprint density at radius 3 is 2.45 bits per heavy atom. The van der Waals surface area contributed by atoms with Crippen LogP contribution in [0.3, 0.4) is 0 Å². The second-order valence-corrected chi connectivity index (χ2v) is 15.1.